The van der Waals surface area contributed by atoms with Gasteiger partial charge in [0.2, 0.25) is 0 Å². The minimum atomic E-state index is -0.588. The maximum absolute atomic E-state index is 13.5. The molecule has 3 aromatic rings. The van der Waals surface area contributed by atoms with E-state index in [1.807, 2.05) is 78.2 Å². The molecule has 0 saturated carbocycles. The van der Waals surface area contributed by atoms with Gasteiger partial charge >= 0.3 is 0 Å². The largest absolute Gasteiger partial charge is 0.272 e. The molecule has 3 atom stereocenters. The van der Waals surface area contributed by atoms with Crippen molar-refractivity contribution >= 4 is 34.6 Å². The molecule has 0 N–H and O–H groups in total. The molecule has 1 aromatic heterocycles. The van der Waals surface area contributed by atoms with Crippen molar-refractivity contribution in [1.29, 1.82) is 0 Å². The van der Waals surface area contributed by atoms with Gasteiger partial charge in [0.1, 0.15) is 0 Å². The van der Waals surface area contributed by atoms with Crippen LogP contribution in [0.3, 0.4) is 0 Å². The number of hydrogen-bond acceptors (Lipinski definition) is 5. The van der Waals surface area contributed by atoms with Gasteiger partial charge in [-0.2, -0.15) is 10.2 Å². The predicted molar refractivity (Wildman–Crippen MR) is 126 cm³/mol. The van der Waals surface area contributed by atoms with E-state index in [0.717, 1.165) is 16.0 Å². The van der Waals surface area contributed by atoms with Crippen LogP contribution in [0.25, 0.3) is 0 Å². The quantitative estimate of drug-likeness (QED) is 0.603. The summed E-state index contributed by atoms with van der Waals surface area (Å²) in [6.45, 7) is 0. The minimum Gasteiger partial charge on any atom is -0.272 e. The van der Waals surface area contributed by atoms with Crippen molar-refractivity contribution in [3.63, 3.8) is 0 Å². The second-order valence-electron chi connectivity index (χ2n) is 7.92. The number of carbonyl (C=O) groups is 2. The minimum absolute atomic E-state index is 0.114. The molecule has 2 aliphatic rings. The lowest BCUT2D eigenvalue weighted by atomic mass is 9.73. The molecule has 0 fully saturated rings. The maximum Gasteiger partial charge on any atom is 0.252 e. The Morgan fingerprint density at radius 1 is 0.719 bits per heavy atom. The van der Waals surface area contributed by atoms with Gasteiger partial charge in [0.25, 0.3) is 11.8 Å². The number of amides is 2. The summed E-state index contributed by atoms with van der Waals surface area (Å²) in [4.78, 5) is 27.9. The van der Waals surface area contributed by atoms with Crippen molar-refractivity contribution in [2.75, 3.05) is 14.1 Å². The first kappa shape index (κ1) is 20.3. The van der Waals surface area contributed by atoms with Gasteiger partial charge in [-0.1, -0.05) is 66.7 Å². The van der Waals surface area contributed by atoms with Crippen LogP contribution in [0.5, 0.6) is 0 Å². The highest BCUT2D eigenvalue weighted by Gasteiger charge is 2.51. The van der Waals surface area contributed by atoms with Crippen LogP contribution in [-0.4, -0.2) is 47.4 Å². The SMILES string of the molecule is CN1N=C(c2ccccc2)[C@H](C(c2cccs2)[C@H]2C(=O)N(C)N=C2c2ccccc2)C1=O. The van der Waals surface area contributed by atoms with Crippen LogP contribution >= 0.6 is 11.3 Å². The Morgan fingerprint density at radius 2 is 1.19 bits per heavy atom. The van der Waals surface area contributed by atoms with E-state index < -0.39 is 17.8 Å². The van der Waals surface area contributed by atoms with Crippen LogP contribution in [0.2, 0.25) is 0 Å². The van der Waals surface area contributed by atoms with Crippen LogP contribution < -0.4 is 0 Å². The highest BCUT2D eigenvalue weighted by molar-refractivity contribution is 7.10. The molecule has 0 aliphatic carbocycles. The zero-order valence-electron chi connectivity index (χ0n) is 17.8. The first-order chi connectivity index (χ1) is 15.6. The summed E-state index contributed by atoms with van der Waals surface area (Å²) < 4.78 is 0. The van der Waals surface area contributed by atoms with E-state index in [1.165, 1.54) is 10.0 Å². The van der Waals surface area contributed by atoms with Crippen molar-refractivity contribution in [3.05, 3.63) is 94.2 Å². The van der Waals surface area contributed by atoms with Gasteiger partial charge in [-0.3, -0.25) is 9.59 Å². The highest BCUT2D eigenvalue weighted by atomic mass is 32.1. The van der Waals surface area contributed by atoms with Crippen molar-refractivity contribution in [2.24, 2.45) is 22.0 Å². The maximum atomic E-state index is 13.5. The lowest BCUT2D eigenvalue weighted by Crippen LogP contribution is -2.40. The molecular formula is C25H22N4O2S. The third-order valence-corrected chi connectivity index (χ3v) is 6.98. The second-order valence-corrected chi connectivity index (χ2v) is 8.90. The Hall–Kier alpha value is -3.58. The molecule has 0 saturated heterocycles. The Kier molecular flexibility index (Phi) is 5.19. The Balaban J connectivity index is 1.67. The molecule has 2 aromatic carbocycles. The molecule has 6 nitrogen and oxygen atoms in total. The molecule has 3 heterocycles. The number of hydrazone groups is 2. The van der Waals surface area contributed by atoms with Crippen LogP contribution in [0.4, 0.5) is 0 Å². The Morgan fingerprint density at radius 3 is 1.59 bits per heavy atom. The average Bonchev–Trinajstić information content (AvgIpc) is 3.53. The van der Waals surface area contributed by atoms with Gasteiger partial charge in [0, 0.05) is 24.9 Å². The Bertz CT molecular complexity index is 1130. The van der Waals surface area contributed by atoms with Gasteiger partial charge in [-0.15, -0.1) is 11.3 Å². The van der Waals surface area contributed by atoms with Gasteiger partial charge in [-0.05, 0) is 22.6 Å². The zero-order chi connectivity index (χ0) is 22.2. The normalized spacial score (nSPS) is 21.7. The van der Waals surface area contributed by atoms with Gasteiger partial charge < -0.3 is 0 Å². The number of benzene rings is 2. The topological polar surface area (TPSA) is 65.3 Å². The second kappa shape index (κ2) is 8.16. The van der Waals surface area contributed by atoms with Gasteiger partial charge in [-0.25, -0.2) is 10.0 Å². The third-order valence-electron chi connectivity index (χ3n) is 6.00. The zero-order valence-corrected chi connectivity index (χ0v) is 18.6. The molecule has 1 unspecified atom stereocenters. The number of rotatable bonds is 5. The highest BCUT2D eigenvalue weighted by Crippen LogP contribution is 2.44. The molecule has 32 heavy (non-hydrogen) atoms. The predicted octanol–water partition coefficient (Wildman–Crippen LogP) is 3.82. The van der Waals surface area contributed by atoms with Crippen molar-refractivity contribution < 1.29 is 9.59 Å². The molecule has 7 heteroatoms. The lowest BCUT2D eigenvalue weighted by molar-refractivity contribution is -0.133. The molecule has 0 spiro atoms. The molecular weight excluding hydrogens is 420 g/mol. The molecule has 160 valence electrons. The molecule has 0 bridgehead atoms. The van der Waals surface area contributed by atoms with Crippen LogP contribution in [-0.2, 0) is 9.59 Å². The summed E-state index contributed by atoms with van der Waals surface area (Å²) >= 11 is 1.55. The molecule has 2 aliphatic heterocycles. The third kappa shape index (κ3) is 3.35. The summed E-state index contributed by atoms with van der Waals surface area (Å²) in [5.41, 5.74) is 3.14. The number of hydrogen-bond donors (Lipinski definition) is 0. The van der Waals surface area contributed by atoms with Gasteiger partial charge in [0.15, 0.2) is 0 Å². The average molecular weight is 443 g/mol. The fraction of sp³-hybridized carbons (Fsp3) is 0.200. The molecule has 0 radical (unpaired) electrons. The molecule has 5 rings (SSSR count). The first-order valence-electron chi connectivity index (χ1n) is 10.4. The fourth-order valence-electron chi connectivity index (χ4n) is 4.52. The van der Waals surface area contributed by atoms with Crippen molar-refractivity contribution in [3.8, 4) is 0 Å². The Labute approximate surface area is 190 Å². The summed E-state index contributed by atoms with van der Waals surface area (Å²) in [5, 5.41) is 14.0. The van der Waals surface area contributed by atoms with E-state index in [9.17, 15) is 9.59 Å². The van der Waals surface area contributed by atoms with E-state index in [0.29, 0.717) is 11.4 Å². The van der Waals surface area contributed by atoms with E-state index in [-0.39, 0.29) is 11.8 Å². The summed E-state index contributed by atoms with van der Waals surface area (Å²) in [6, 6.07) is 23.4. The lowest BCUT2D eigenvalue weighted by Gasteiger charge is -2.28. The first-order valence-corrected chi connectivity index (χ1v) is 11.3. The number of carbonyl (C=O) groups excluding carboxylic acids is 2. The van der Waals surface area contributed by atoms with Crippen LogP contribution in [0, 0.1) is 11.8 Å². The van der Waals surface area contributed by atoms with E-state index in [1.54, 1.807) is 25.4 Å². The summed E-state index contributed by atoms with van der Waals surface area (Å²) in [5.74, 6) is -1.82. The van der Waals surface area contributed by atoms with Crippen molar-refractivity contribution in [2.45, 2.75) is 5.92 Å². The standard InChI is InChI=1S/C25H22N4O2S/c1-28-24(30)20(22(26-28)16-10-5-3-6-11-16)19(18-14-9-15-32-18)21-23(27-29(2)25(21)31)17-12-7-4-8-13-17/h3-15,19-21H,1-2H3/t19?,20-,21+. The van der Waals surface area contributed by atoms with Gasteiger partial charge in [0.05, 0.1) is 23.3 Å². The van der Waals surface area contributed by atoms with Crippen LogP contribution in [0.15, 0.2) is 88.4 Å². The van der Waals surface area contributed by atoms with E-state index >= 15 is 0 Å². The van der Waals surface area contributed by atoms with E-state index in [2.05, 4.69) is 10.2 Å². The van der Waals surface area contributed by atoms with Crippen molar-refractivity contribution in [1.82, 2.24) is 10.0 Å². The van der Waals surface area contributed by atoms with E-state index in [4.69, 9.17) is 0 Å². The number of nitrogens with zero attached hydrogens (tertiary/aromatic N) is 4. The smallest absolute Gasteiger partial charge is 0.252 e. The summed E-state index contributed by atoms with van der Waals surface area (Å²) in [6.07, 6.45) is 0. The van der Waals surface area contributed by atoms with Crippen LogP contribution in [0.1, 0.15) is 21.9 Å². The monoisotopic (exact) mass is 442 g/mol. The molecule has 2 amide bonds. The number of thiophene rings is 1. The fourth-order valence-corrected chi connectivity index (χ4v) is 5.43. The summed E-state index contributed by atoms with van der Waals surface area (Å²) in [7, 11) is 3.34.